The van der Waals surface area contributed by atoms with Crippen molar-refractivity contribution in [3.8, 4) is 0 Å². The molecule has 4 nitrogen and oxygen atoms in total. The number of carbonyl (C=O) groups is 1. The van der Waals surface area contributed by atoms with E-state index in [0.29, 0.717) is 6.42 Å². The topological polar surface area (TPSA) is 68.3 Å². The summed E-state index contributed by atoms with van der Waals surface area (Å²) in [7, 11) is 0. The summed E-state index contributed by atoms with van der Waals surface area (Å²) in [5.41, 5.74) is 6.99. The van der Waals surface area contributed by atoms with Gasteiger partial charge in [-0.05, 0) is 38.0 Å². The van der Waals surface area contributed by atoms with Gasteiger partial charge in [-0.15, -0.1) is 0 Å². The maximum absolute atomic E-state index is 12.1. The molecule has 1 amide bonds. The zero-order valence-corrected chi connectivity index (χ0v) is 11.8. The molecule has 106 valence electrons. The molecule has 2 aromatic rings. The Morgan fingerprint density at radius 3 is 2.55 bits per heavy atom. The molecule has 0 aliphatic rings. The first-order valence-corrected chi connectivity index (χ1v) is 6.72. The normalized spacial score (nSPS) is 13.8. The number of rotatable bonds is 5. The minimum Gasteiger partial charge on any atom is -0.464 e. The maximum atomic E-state index is 12.1. The number of furan rings is 1. The Morgan fingerprint density at radius 2 is 1.95 bits per heavy atom. The molecule has 1 heterocycles. The van der Waals surface area contributed by atoms with Crippen molar-refractivity contribution in [3.05, 3.63) is 59.5 Å². The lowest BCUT2D eigenvalue weighted by Crippen LogP contribution is -2.42. The summed E-state index contributed by atoms with van der Waals surface area (Å²) in [6.07, 6.45) is 0.524. The fourth-order valence-electron chi connectivity index (χ4n) is 2.04. The van der Waals surface area contributed by atoms with Gasteiger partial charge in [0, 0.05) is 0 Å². The monoisotopic (exact) mass is 272 g/mol. The largest absolute Gasteiger partial charge is 0.464 e. The van der Waals surface area contributed by atoms with E-state index in [-0.39, 0.29) is 11.9 Å². The van der Waals surface area contributed by atoms with Crippen LogP contribution in [0.3, 0.4) is 0 Å². The van der Waals surface area contributed by atoms with Crippen molar-refractivity contribution in [2.24, 2.45) is 5.73 Å². The number of aryl methyl sites for hydroxylation is 1. The molecule has 0 bridgehead atoms. The highest BCUT2D eigenvalue weighted by Gasteiger charge is 2.18. The fourth-order valence-corrected chi connectivity index (χ4v) is 2.04. The van der Waals surface area contributed by atoms with Crippen LogP contribution in [-0.4, -0.2) is 11.9 Å². The lowest BCUT2D eigenvalue weighted by atomic mass is 10.1. The molecule has 2 rings (SSSR count). The van der Waals surface area contributed by atoms with Gasteiger partial charge in [0.1, 0.15) is 11.5 Å². The van der Waals surface area contributed by atoms with Gasteiger partial charge in [-0.3, -0.25) is 4.79 Å². The Bertz CT molecular complexity index is 563. The molecule has 0 saturated carbocycles. The summed E-state index contributed by atoms with van der Waals surface area (Å²) in [6, 6.07) is 12.7. The third kappa shape index (κ3) is 3.71. The van der Waals surface area contributed by atoms with Crippen molar-refractivity contribution in [1.82, 2.24) is 5.32 Å². The molecule has 1 unspecified atom stereocenters. The molecule has 3 N–H and O–H groups in total. The first-order chi connectivity index (χ1) is 9.56. The number of benzene rings is 1. The lowest BCUT2D eigenvalue weighted by molar-refractivity contribution is -0.123. The second kappa shape index (κ2) is 6.39. The first-order valence-electron chi connectivity index (χ1n) is 6.72. The fraction of sp³-hybridized carbons (Fsp3) is 0.312. The van der Waals surface area contributed by atoms with E-state index in [1.807, 2.05) is 56.3 Å². The van der Waals surface area contributed by atoms with Crippen LogP contribution < -0.4 is 11.1 Å². The van der Waals surface area contributed by atoms with E-state index < -0.39 is 6.04 Å². The second-order valence-electron chi connectivity index (χ2n) is 4.97. The predicted molar refractivity (Wildman–Crippen MR) is 78.1 cm³/mol. The lowest BCUT2D eigenvalue weighted by Gasteiger charge is -2.16. The molecule has 20 heavy (non-hydrogen) atoms. The van der Waals surface area contributed by atoms with Crippen molar-refractivity contribution >= 4 is 5.91 Å². The highest BCUT2D eigenvalue weighted by atomic mass is 16.3. The molecule has 0 aliphatic carbocycles. The van der Waals surface area contributed by atoms with E-state index in [1.54, 1.807) is 0 Å². The Hall–Kier alpha value is -2.07. The first kappa shape index (κ1) is 14.3. The van der Waals surface area contributed by atoms with Crippen LogP contribution in [0.1, 0.15) is 30.0 Å². The highest BCUT2D eigenvalue weighted by molar-refractivity contribution is 5.82. The van der Waals surface area contributed by atoms with E-state index in [0.717, 1.165) is 17.1 Å². The number of nitrogens with one attached hydrogen (secondary N) is 1. The molecule has 1 aromatic heterocycles. The van der Waals surface area contributed by atoms with Gasteiger partial charge in [0.05, 0.1) is 12.1 Å². The SMILES string of the molecule is Cc1ccc(C(C)NC(=O)[C@H](N)Cc2ccccc2)o1. The Balaban J connectivity index is 1.91. The average Bonchev–Trinajstić information content (AvgIpc) is 2.86. The molecule has 0 saturated heterocycles. The summed E-state index contributed by atoms with van der Waals surface area (Å²) < 4.78 is 5.49. The predicted octanol–water partition coefficient (Wildman–Crippen LogP) is 2.34. The summed E-state index contributed by atoms with van der Waals surface area (Å²) in [4.78, 5) is 12.1. The van der Waals surface area contributed by atoms with Gasteiger partial charge >= 0.3 is 0 Å². The zero-order chi connectivity index (χ0) is 14.5. The van der Waals surface area contributed by atoms with Crippen LogP contribution in [0, 0.1) is 6.92 Å². The van der Waals surface area contributed by atoms with Crippen LogP contribution in [0.4, 0.5) is 0 Å². The smallest absolute Gasteiger partial charge is 0.237 e. The maximum Gasteiger partial charge on any atom is 0.237 e. The van der Waals surface area contributed by atoms with Crippen LogP contribution >= 0.6 is 0 Å². The minimum atomic E-state index is -0.559. The number of hydrogen-bond donors (Lipinski definition) is 2. The third-order valence-corrected chi connectivity index (χ3v) is 3.18. The van der Waals surface area contributed by atoms with Crippen LogP contribution in [0.15, 0.2) is 46.9 Å². The standard InChI is InChI=1S/C16H20N2O2/c1-11-8-9-15(20-11)12(2)18-16(19)14(17)10-13-6-4-3-5-7-13/h3-9,12,14H,10,17H2,1-2H3,(H,18,19)/t12?,14-/m1/s1. The second-order valence-corrected chi connectivity index (χ2v) is 4.97. The summed E-state index contributed by atoms with van der Waals surface area (Å²) >= 11 is 0. The van der Waals surface area contributed by atoms with E-state index in [4.69, 9.17) is 10.2 Å². The summed E-state index contributed by atoms with van der Waals surface area (Å²) in [6.45, 7) is 3.75. The number of hydrogen-bond acceptors (Lipinski definition) is 3. The quantitative estimate of drug-likeness (QED) is 0.877. The van der Waals surface area contributed by atoms with Gasteiger partial charge in [-0.1, -0.05) is 30.3 Å². The van der Waals surface area contributed by atoms with E-state index in [9.17, 15) is 4.79 Å². The van der Waals surface area contributed by atoms with E-state index in [2.05, 4.69) is 5.32 Å². The van der Waals surface area contributed by atoms with Crippen molar-refractivity contribution in [2.45, 2.75) is 32.4 Å². The molecule has 0 radical (unpaired) electrons. The molecule has 1 aromatic carbocycles. The molecule has 2 atom stereocenters. The van der Waals surface area contributed by atoms with Crippen LogP contribution in [0.2, 0.25) is 0 Å². The summed E-state index contributed by atoms with van der Waals surface area (Å²) in [5.74, 6) is 1.40. The van der Waals surface area contributed by atoms with Crippen LogP contribution in [-0.2, 0) is 11.2 Å². The third-order valence-electron chi connectivity index (χ3n) is 3.18. The molecular weight excluding hydrogens is 252 g/mol. The summed E-state index contributed by atoms with van der Waals surface area (Å²) in [5, 5.41) is 2.87. The van der Waals surface area contributed by atoms with Gasteiger partial charge < -0.3 is 15.5 Å². The number of carbonyl (C=O) groups excluding carboxylic acids is 1. The molecular formula is C16H20N2O2. The molecule has 0 aliphatic heterocycles. The van der Waals surface area contributed by atoms with Crippen molar-refractivity contribution in [3.63, 3.8) is 0 Å². The number of nitrogens with two attached hydrogens (primary N) is 1. The van der Waals surface area contributed by atoms with Crippen molar-refractivity contribution in [2.75, 3.05) is 0 Å². The average molecular weight is 272 g/mol. The Labute approximate surface area is 119 Å². The van der Waals surface area contributed by atoms with Gasteiger partial charge in [0.15, 0.2) is 0 Å². The molecule has 0 fully saturated rings. The van der Waals surface area contributed by atoms with E-state index in [1.165, 1.54) is 0 Å². The molecule has 0 spiro atoms. The van der Waals surface area contributed by atoms with Crippen LogP contribution in [0.5, 0.6) is 0 Å². The number of amides is 1. The Kier molecular flexibility index (Phi) is 4.58. The Morgan fingerprint density at radius 1 is 1.25 bits per heavy atom. The zero-order valence-electron chi connectivity index (χ0n) is 11.8. The van der Waals surface area contributed by atoms with Gasteiger partial charge in [-0.25, -0.2) is 0 Å². The minimum absolute atomic E-state index is 0.171. The van der Waals surface area contributed by atoms with Gasteiger partial charge in [0.2, 0.25) is 5.91 Å². The van der Waals surface area contributed by atoms with E-state index >= 15 is 0 Å². The molecule has 4 heteroatoms. The highest BCUT2D eigenvalue weighted by Crippen LogP contribution is 2.15. The van der Waals surface area contributed by atoms with Gasteiger partial charge in [0.25, 0.3) is 0 Å². The van der Waals surface area contributed by atoms with Gasteiger partial charge in [-0.2, -0.15) is 0 Å². The van der Waals surface area contributed by atoms with Crippen molar-refractivity contribution < 1.29 is 9.21 Å². The van der Waals surface area contributed by atoms with Crippen LogP contribution in [0.25, 0.3) is 0 Å². The van der Waals surface area contributed by atoms with Crippen molar-refractivity contribution in [1.29, 1.82) is 0 Å².